The lowest BCUT2D eigenvalue weighted by atomic mass is 10.1. The van der Waals surface area contributed by atoms with E-state index in [1.807, 2.05) is 19.6 Å². The summed E-state index contributed by atoms with van der Waals surface area (Å²) >= 11 is 0. The van der Waals surface area contributed by atoms with Crippen LogP contribution in [-0.4, -0.2) is 28.7 Å². The molecule has 0 radical (unpaired) electrons. The fourth-order valence-corrected chi connectivity index (χ4v) is 3.95. The normalized spacial score (nSPS) is 14.3. The van der Waals surface area contributed by atoms with Crippen molar-refractivity contribution < 1.29 is 13.6 Å². The van der Waals surface area contributed by atoms with E-state index in [1.165, 1.54) is 0 Å². The summed E-state index contributed by atoms with van der Waals surface area (Å²) < 4.78 is 11.5. The highest BCUT2D eigenvalue weighted by Crippen LogP contribution is 2.16. The summed E-state index contributed by atoms with van der Waals surface area (Å²) in [6.45, 7) is 15.0. The van der Waals surface area contributed by atoms with Crippen LogP contribution in [0.5, 0.6) is 0 Å². The second-order valence-electron chi connectivity index (χ2n) is 7.09. The third-order valence-electron chi connectivity index (χ3n) is 2.55. The van der Waals surface area contributed by atoms with Crippen molar-refractivity contribution in [2.45, 2.75) is 84.4 Å². The van der Waals surface area contributed by atoms with E-state index in [0.29, 0.717) is 12.5 Å². The average molecular weight is 305 g/mol. The van der Waals surface area contributed by atoms with Crippen LogP contribution >= 0.6 is 0 Å². The van der Waals surface area contributed by atoms with Crippen LogP contribution in [0.4, 0.5) is 0 Å². The number of carbonyl (C=O) groups excluding carboxylic acids is 1. The van der Waals surface area contributed by atoms with Crippen LogP contribution in [-0.2, 0) is 13.6 Å². The van der Waals surface area contributed by atoms with Gasteiger partial charge in [-0.2, -0.15) is 0 Å². The molecule has 0 aromatic carbocycles. The minimum atomic E-state index is -1.71. The predicted molar refractivity (Wildman–Crippen MR) is 86.4 cm³/mol. The zero-order chi connectivity index (χ0) is 15.1. The first kappa shape index (κ1) is 18.9. The summed E-state index contributed by atoms with van der Waals surface area (Å²) in [5.41, 5.74) is 0. The van der Waals surface area contributed by atoms with Crippen LogP contribution in [0, 0.1) is 0 Å². The monoisotopic (exact) mass is 304 g/mol. The van der Waals surface area contributed by atoms with Gasteiger partial charge in [-0.3, -0.25) is 4.79 Å². The second-order valence-corrected chi connectivity index (χ2v) is 16.0. The predicted octanol–water partition coefficient (Wildman–Crippen LogP) is 4.56. The first-order chi connectivity index (χ1) is 8.53. The maximum Gasteiger partial charge on any atom is 0.292 e. The molecular weight excluding hydrogens is 272 g/mol. The highest BCUT2D eigenvalue weighted by atomic mass is 28.4. The van der Waals surface area contributed by atoms with Crippen LogP contribution in [0.1, 0.15) is 39.0 Å². The molecular formula is C14H32O3Si2. The van der Waals surface area contributed by atoms with E-state index in [9.17, 15) is 4.79 Å². The largest absolute Gasteiger partial charge is 0.520 e. The Labute approximate surface area is 121 Å². The Balaban J connectivity index is 3.81. The van der Waals surface area contributed by atoms with Gasteiger partial charge in [-0.1, -0.05) is 13.3 Å². The molecule has 0 heterocycles. The molecule has 1 unspecified atom stereocenters. The molecule has 0 aliphatic rings. The van der Waals surface area contributed by atoms with Crippen molar-refractivity contribution in [3.05, 3.63) is 0 Å². The van der Waals surface area contributed by atoms with Gasteiger partial charge in [-0.05, 0) is 58.5 Å². The molecule has 0 saturated carbocycles. The summed E-state index contributed by atoms with van der Waals surface area (Å²) in [5.74, 6) is -0.0293. The average Bonchev–Trinajstić information content (AvgIpc) is 2.18. The molecule has 0 spiro atoms. The molecule has 114 valence electrons. The fourth-order valence-electron chi connectivity index (χ4n) is 1.88. The van der Waals surface area contributed by atoms with Gasteiger partial charge in [0.05, 0.1) is 0 Å². The Morgan fingerprint density at radius 1 is 1.00 bits per heavy atom. The summed E-state index contributed by atoms with van der Waals surface area (Å²) in [4.78, 5) is 11.6. The van der Waals surface area contributed by atoms with Crippen LogP contribution in [0.15, 0.2) is 0 Å². The van der Waals surface area contributed by atoms with E-state index >= 15 is 0 Å². The minimum absolute atomic E-state index is 0.0293. The van der Waals surface area contributed by atoms with E-state index in [-0.39, 0.29) is 5.97 Å². The van der Waals surface area contributed by atoms with Crippen molar-refractivity contribution in [1.82, 2.24) is 0 Å². The van der Waals surface area contributed by atoms with Gasteiger partial charge in [0.15, 0.2) is 8.32 Å². The molecule has 19 heavy (non-hydrogen) atoms. The number of unbranched alkanes of at least 4 members (excludes halogenated alkanes) is 1. The number of rotatable bonds is 9. The Bertz CT molecular complexity index is 267. The van der Waals surface area contributed by atoms with Crippen LogP contribution in [0.3, 0.4) is 0 Å². The molecule has 1 atom stereocenters. The van der Waals surface area contributed by atoms with Crippen molar-refractivity contribution in [2.24, 2.45) is 0 Å². The molecule has 0 amide bonds. The van der Waals surface area contributed by atoms with Gasteiger partial charge in [0.1, 0.15) is 0 Å². The smallest absolute Gasteiger partial charge is 0.292 e. The lowest BCUT2D eigenvalue weighted by Gasteiger charge is -2.25. The van der Waals surface area contributed by atoms with Gasteiger partial charge in [0.2, 0.25) is 8.32 Å². The van der Waals surface area contributed by atoms with E-state index in [4.69, 9.17) is 8.85 Å². The molecule has 0 aliphatic heterocycles. The number of carbonyl (C=O) groups is 1. The van der Waals surface area contributed by atoms with Crippen LogP contribution in [0.25, 0.3) is 0 Å². The maximum absolute atomic E-state index is 11.6. The van der Waals surface area contributed by atoms with Crippen molar-refractivity contribution in [3.63, 3.8) is 0 Å². The lowest BCUT2D eigenvalue weighted by molar-refractivity contribution is -0.135. The Morgan fingerprint density at radius 3 is 2.00 bits per heavy atom. The molecule has 0 aliphatic carbocycles. The molecule has 0 bridgehead atoms. The Hall–Kier alpha value is -0.136. The highest BCUT2D eigenvalue weighted by molar-refractivity contribution is 6.71. The van der Waals surface area contributed by atoms with Gasteiger partial charge in [-0.25, -0.2) is 0 Å². The SMILES string of the molecule is CCC(CCCCC(=O)O[Si](C)(C)C)O[Si](C)(C)C. The summed E-state index contributed by atoms with van der Waals surface area (Å²) in [6.07, 6.45) is 4.98. The highest BCUT2D eigenvalue weighted by Gasteiger charge is 2.21. The first-order valence-electron chi connectivity index (χ1n) is 7.43. The third kappa shape index (κ3) is 12.6. The fraction of sp³-hybridized carbons (Fsp3) is 0.929. The zero-order valence-electron chi connectivity index (χ0n) is 13.8. The van der Waals surface area contributed by atoms with Gasteiger partial charge in [0, 0.05) is 12.5 Å². The van der Waals surface area contributed by atoms with Gasteiger partial charge in [-0.15, -0.1) is 0 Å². The van der Waals surface area contributed by atoms with E-state index < -0.39 is 16.6 Å². The van der Waals surface area contributed by atoms with Crippen LogP contribution < -0.4 is 0 Å². The van der Waals surface area contributed by atoms with Crippen molar-refractivity contribution in [1.29, 1.82) is 0 Å². The van der Waals surface area contributed by atoms with Gasteiger partial charge >= 0.3 is 0 Å². The zero-order valence-corrected chi connectivity index (χ0v) is 15.8. The molecule has 0 aromatic rings. The lowest BCUT2D eigenvalue weighted by Crippen LogP contribution is -2.31. The van der Waals surface area contributed by atoms with Crippen LogP contribution in [0.2, 0.25) is 39.3 Å². The van der Waals surface area contributed by atoms with Crippen molar-refractivity contribution >= 4 is 22.6 Å². The standard InChI is InChI=1S/C14H32O3Si2/c1-8-13(16-18(2,3)4)11-9-10-12-14(15)17-19(5,6)7/h13H,8-12H2,1-7H3. The third-order valence-corrected chi connectivity index (χ3v) is 4.43. The van der Waals surface area contributed by atoms with Crippen molar-refractivity contribution in [3.8, 4) is 0 Å². The quantitative estimate of drug-likeness (QED) is 0.463. The molecule has 0 saturated heterocycles. The first-order valence-corrected chi connectivity index (χ1v) is 14.2. The molecule has 3 nitrogen and oxygen atoms in total. The summed E-state index contributed by atoms with van der Waals surface area (Å²) in [5, 5.41) is 0. The van der Waals surface area contributed by atoms with E-state index in [2.05, 4.69) is 26.6 Å². The Morgan fingerprint density at radius 2 is 1.58 bits per heavy atom. The van der Waals surface area contributed by atoms with E-state index in [0.717, 1.165) is 25.7 Å². The molecule has 0 rings (SSSR count). The number of hydrogen-bond donors (Lipinski definition) is 0. The summed E-state index contributed by atoms with van der Waals surface area (Å²) in [7, 11) is -3.15. The summed E-state index contributed by atoms with van der Waals surface area (Å²) in [6, 6.07) is 0. The van der Waals surface area contributed by atoms with Crippen molar-refractivity contribution in [2.75, 3.05) is 0 Å². The topological polar surface area (TPSA) is 35.5 Å². The molecule has 0 N–H and O–H groups in total. The molecule has 5 heteroatoms. The minimum Gasteiger partial charge on any atom is -0.520 e. The Kier molecular flexibility index (Phi) is 8.16. The molecule has 0 fully saturated rings. The maximum atomic E-state index is 11.6. The second kappa shape index (κ2) is 8.22. The molecule has 0 aromatic heterocycles. The number of hydrogen-bond acceptors (Lipinski definition) is 3. The van der Waals surface area contributed by atoms with Gasteiger partial charge in [0.25, 0.3) is 5.97 Å². The van der Waals surface area contributed by atoms with Gasteiger partial charge < -0.3 is 8.85 Å². The van der Waals surface area contributed by atoms with E-state index in [1.54, 1.807) is 0 Å².